The van der Waals surface area contributed by atoms with E-state index < -0.39 is 9.84 Å². The van der Waals surface area contributed by atoms with E-state index >= 15 is 0 Å². The summed E-state index contributed by atoms with van der Waals surface area (Å²) in [5.74, 6) is -0.391. The largest absolute Gasteiger partial charge is 0.350 e. The molecule has 2 rings (SSSR count). The van der Waals surface area contributed by atoms with Gasteiger partial charge in [0, 0.05) is 18.1 Å². The summed E-state index contributed by atoms with van der Waals surface area (Å²) in [6, 6.07) is 9.53. The number of hydrogen-bond donors (Lipinski definition) is 2. The highest BCUT2D eigenvalue weighted by molar-refractivity contribution is 7.90. The van der Waals surface area contributed by atoms with E-state index in [0.29, 0.717) is 0 Å². The number of hydrogen-bond acceptors (Lipinski definition) is 5. The first-order chi connectivity index (χ1) is 12.2. The second kappa shape index (κ2) is 8.46. The van der Waals surface area contributed by atoms with E-state index in [4.69, 9.17) is 0 Å². The van der Waals surface area contributed by atoms with Crippen LogP contribution in [0.15, 0.2) is 46.7 Å². The number of nitrogens with one attached hydrogen (secondary N) is 2. The van der Waals surface area contributed by atoms with Gasteiger partial charge in [0.2, 0.25) is 11.8 Å². The fourth-order valence-corrected chi connectivity index (χ4v) is 3.94. The molecule has 2 aromatic rings. The molecule has 0 saturated carbocycles. The molecule has 0 saturated heterocycles. The number of benzene rings is 1. The fourth-order valence-electron chi connectivity index (χ4n) is 2.53. The summed E-state index contributed by atoms with van der Waals surface area (Å²) in [5, 5.41) is 7.58. The summed E-state index contributed by atoms with van der Waals surface area (Å²) in [7, 11) is -3.25. The molecular weight excluding hydrogens is 372 g/mol. The summed E-state index contributed by atoms with van der Waals surface area (Å²) in [4.78, 5) is 24.9. The number of carbonyl (C=O) groups is 2. The van der Waals surface area contributed by atoms with E-state index in [9.17, 15) is 18.0 Å². The van der Waals surface area contributed by atoms with Crippen LogP contribution in [-0.4, -0.2) is 26.5 Å². The molecule has 0 radical (unpaired) electrons. The minimum atomic E-state index is -3.25. The Kier molecular flexibility index (Phi) is 6.55. The van der Waals surface area contributed by atoms with E-state index in [1.54, 1.807) is 12.1 Å². The topological polar surface area (TPSA) is 92.3 Å². The highest BCUT2D eigenvalue weighted by atomic mass is 32.2. The molecule has 0 fully saturated rings. The van der Waals surface area contributed by atoms with Crippen molar-refractivity contribution >= 4 is 33.0 Å². The van der Waals surface area contributed by atoms with Crippen LogP contribution in [0.4, 0.5) is 0 Å². The van der Waals surface area contributed by atoms with E-state index in [2.05, 4.69) is 10.6 Å². The third-order valence-corrected chi connectivity index (χ3v) is 5.95. The quantitative estimate of drug-likeness (QED) is 0.755. The summed E-state index contributed by atoms with van der Waals surface area (Å²) in [6.07, 6.45) is 1.28. The van der Waals surface area contributed by atoms with Crippen molar-refractivity contribution in [2.24, 2.45) is 0 Å². The molecule has 6 nitrogen and oxygen atoms in total. The van der Waals surface area contributed by atoms with Crippen molar-refractivity contribution < 1.29 is 18.0 Å². The van der Waals surface area contributed by atoms with Gasteiger partial charge in [0.1, 0.15) is 0 Å². The maximum atomic E-state index is 12.4. The average molecular weight is 395 g/mol. The van der Waals surface area contributed by atoms with Gasteiger partial charge in [-0.2, -0.15) is 0 Å². The standard InChI is InChI=1S/C18H22N2O4S2/c1-12(14-6-8-15(9-7-14)26(3,23)24)19-18(22)11-16(20-13(2)21)17-5-4-10-25-17/h4-10,12,16H,11H2,1-3H3,(H,19,22)(H,20,21)/t12-,16+/m1/s1. The SMILES string of the molecule is CC(=O)N[C@@H](CC(=O)N[C@H](C)c1ccc(S(C)(=O)=O)cc1)c1cccs1. The lowest BCUT2D eigenvalue weighted by Gasteiger charge is -2.19. The second-order valence-electron chi connectivity index (χ2n) is 6.10. The maximum Gasteiger partial charge on any atom is 0.222 e. The number of amides is 2. The summed E-state index contributed by atoms with van der Waals surface area (Å²) in [6.45, 7) is 3.25. The van der Waals surface area contributed by atoms with Crippen LogP contribution in [0.3, 0.4) is 0 Å². The number of sulfone groups is 1. The van der Waals surface area contributed by atoms with Crippen LogP contribution in [0.2, 0.25) is 0 Å². The van der Waals surface area contributed by atoms with Gasteiger partial charge in [-0.3, -0.25) is 9.59 Å². The van der Waals surface area contributed by atoms with Crippen LogP contribution in [0, 0.1) is 0 Å². The third-order valence-electron chi connectivity index (χ3n) is 3.84. The normalized spacial score (nSPS) is 13.7. The van der Waals surface area contributed by atoms with E-state index in [0.717, 1.165) is 16.7 Å². The molecule has 0 unspecified atom stereocenters. The fraction of sp³-hybridized carbons (Fsp3) is 0.333. The highest BCUT2D eigenvalue weighted by Gasteiger charge is 2.19. The van der Waals surface area contributed by atoms with Crippen molar-refractivity contribution in [3.63, 3.8) is 0 Å². The van der Waals surface area contributed by atoms with E-state index in [-0.39, 0.29) is 35.2 Å². The summed E-state index contributed by atoms with van der Waals surface area (Å²) in [5.41, 5.74) is 0.804. The maximum absolute atomic E-state index is 12.4. The van der Waals surface area contributed by atoms with Crippen molar-refractivity contribution in [1.82, 2.24) is 10.6 Å². The van der Waals surface area contributed by atoms with Crippen molar-refractivity contribution in [3.8, 4) is 0 Å². The molecule has 0 aliphatic heterocycles. The van der Waals surface area contributed by atoms with Crippen molar-refractivity contribution in [3.05, 3.63) is 52.2 Å². The predicted molar refractivity (Wildman–Crippen MR) is 102 cm³/mol. The van der Waals surface area contributed by atoms with Gasteiger partial charge in [-0.1, -0.05) is 18.2 Å². The zero-order valence-electron chi connectivity index (χ0n) is 14.9. The molecule has 0 spiro atoms. The van der Waals surface area contributed by atoms with Crippen LogP contribution in [-0.2, 0) is 19.4 Å². The number of carbonyl (C=O) groups excluding carboxylic acids is 2. The van der Waals surface area contributed by atoms with E-state index in [1.807, 2.05) is 24.4 Å². The number of thiophene rings is 1. The lowest BCUT2D eigenvalue weighted by molar-refractivity contribution is -0.123. The molecule has 2 amide bonds. The molecule has 2 atom stereocenters. The molecule has 140 valence electrons. The van der Waals surface area contributed by atoms with Crippen LogP contribution in [0.25, 0.3) is 0 Å². The molecule has 1 aromatic carbocycles. The zero-order valence-corrected chi connectivity index (χ0v) is 16.5. The molecule has 0 bridgehead atoms. The Hall–Kier alpha value is -2.19. The Bertz CT molecular complexity index is 859. The second-order valence-corrected chi connectivity index (χ2v) is 9.10. The molecule has 8 heteroatoms. The lowest BCUT2D eigenvalue weighted by Crippen LogP contribution is -2.33. The first-order valence-corrected chi connectivity index (χ1v) is 10.8. The van der Waals surface area contributed by atoms with Gasteiger partial charge in [-0.15, -0.1) is 11.3 Å². The van der Waals surface area contributed by atoms with Gasteiger partial charge in [0.25, 0.3) is 0 Å². The minimum absolute atomic E-state index is 0.131. The molecular formula is C18H22N2O4S2. The van der Waals surface area contributed by atoms with Gasteiger partial charge < -0.3 is 10.6 Å². The predicted octanol–water partition coefficient (Wildman–Crippen LogP) is 2.60. The van der Waals surface area contributed by atoms with Gasteiger partial charge in [-0.25, -0.2) is 8.42 Å². The molecule has 2 N–H and O–H groups in total. The van der Waals surface area contributed by atoms with Crippen LogP contribution < -0.4 is 10.6 Å². The van der Waals surface area contributed by atoms with Gasteiger partial charge in [0.15, 0.2) is 9.84 Å². The van der Waals surface area contributed by atoms with Crippen LogP contribution >= 0.6 is 11.3 Å². The molecule has 1 heterocycles. The number of rotatable bonds is 7. The summed E-state index contributed by atoms with van der Waals surface area (Å²) >= 11 is 1.48. The third kappa shape index (κ3) is 5.67. The first-order valence-electron chi connectivity index (χ1n) is 8.06. The Morgan fingerprint density at radius 3 is 2.27 bits per heavy atom. The van der Waals surface area contributed by atoms with Crippen LogP contribution in [0.5, 0.6) is 0 Å². The Morgan fingerprint density at radius 1 is 1.12 bits per heavy atom. The van der Waals surface area contributed by atoms with Gasteiger partial charge in [0.05, 0.1) is 23.4 Å². The Balaban J connectivity index is 2.02. The molecule has 1 aromatic heterocycles. The monoisotopic (exact) mass is 394 g/mol. The Labute approximate surface area is 157 Å². The molecule has 26 heavy (non-hydrogen) atoms. The Morgan fingerprint density at radius 2 is 1.77 bits per heavy atom. The van der Waals surface area contributed by atoms with Crippen molar-refractivity contribution in [2.75, 3.05) is 6.26 Å². The molecule has 0 aliphatic carbocycles. The van der Waals surface area contributed by atoms with Crippen LogP contribution in [0.1, 0.15) is 42.8 Å². The van der Waals surface area contributed by atoms with Crippen molar-refractivity contribution in [1.29, 1.82) is 0 Å². The molecule has 0 aliphatic rings. The van der Waals surface area contributed by atoms with Gasteiger partial charge >= 0.3 is 0 Å². The smallest absolute Gasteiger partial charge is 0.222 e. The minimum Gasteiger partial charge on any atom is -0.350 e. The van der Waals surface area contributed by atoms with Gasteiger partial charge in [-0.05, 0) is 36.1 Å². The van der Waals surface area contributed by atoms with Crippen molar-refractivity contribution in [2.45, 2.75) is 37.2 Å². The first kappa shape index (κ1) is 20.1. The highest BCUT2D eigenvalue weighted by Crippen LogP contribution is 2.23. The summed E-state index contributed by atoms with van der Waals surface area (Å²) < 4.78 is 23.0. The lowest BCUT2D eigenvalue weighted by atomic mass is 10.1. The van der Waals surface area contributed by atoms with E-state index in [1.165, 1.54) is 30.4 Å². The average Bonchev–Trinajstić information content (AvgIpc) is 3.07. The zero-order chi connectivity index (χ0) is 19.3.